The van der Waals surface area contributed by atoms with Crippen LogP contribution in [-0.2, 0) is 21.1 Å². The van der Waals surface area contributed by atoms with E-state index >= 15 is 0 Å². The minimum absolute atomic E-state index is 0.0140. The van der Waals surface area contributed by atoms with E-state index in [0.29, 0.717) is 12.0 Å². The Morgan fingerprint density at radius 3 is 2.33 bits per heavy atom. The van der Waals surface area contributed by atoms with Crippen LogP contribution in [0.25, 0.3) is 0 Å². The topological polar surface area (TPSA) is 58.9 Å². The average molecular weight is 294 g/mol. The van der Waals surface area contributed by atoms with Crippen LogP contribution < -0.4 is 0 Å². The second kappa shape index (κ2) is 6.78. The molecule has 0 spiro atoms. The second-order valence-corrected chi connectivity index (χ2v) is 8.08. The summed E-state index contributed by atoms with van der Waals surface area (Å²) in [5.74, 6) is 0.684. The molecule has 1 heterocycles. The van der Waals surface area contributed by atoms with E-state index in [0.717, 1.165) is 12.8 Å². The first-order chi connectivity index (χ1) is 8.54. The lowest BCUT2D eigenvalue weighted by Gasteiger charge is -2.22. The molecule has 2 fully saturated rings. The van der Waals surface area contributed by atoms with Crippen LogP contribution in [0, 0.1) is 5.92 Å². The third-order valence-electron chi connectivity index (χ3n) is 3.99. The van der Waals surface area contributed by atoms with Crippen LogP contribution >= 0.6 is 6.72 Å². The molecule has 0 aromatic carbocycles. The standard InChI is InChI=1S/C12H23O4PS/c13-17(14,18)15-9-11-7-8-12(16-11)10-5-3-1-2-4-6-10/h10-12H,1-9H2,(H2,13,14,18). The van der Waals surface area contributed by atoms with Gasteiger partial charge in [-0.25, -0.2) is 0 Å². The second-order valence-electron chi connectivity index (χ2n) is 5.41. The molecule has 1 saturated heterocycles. The predicted octanol–water partition coefficient (Wildman–Crippen LogP) is 2.73. The highest BCUT2D eigenvalue weighted by Gasteiger charge is 2.32. The molecule has 0 radical (unpaired) electrons. The largest absolute Gasteiger partial charge is 0.372 e. The smallest absolute Gasteiger partial charge is 0.321 e. The van der Waals surface area contributed by atoms with Gasteiger partial charge in [0.15, 0.2) is 0 Å². The summed E-state index contributed by atoms with van der Waals surface area (Å²) in [5.41, 5.74) is 0. The van der Waals surface area contributed by atoms with E-state index in [9.17, 15) is 0 Å². The third-order valence-corrected chi connectivity index (χ3v) is 4.80. The summed E-state index contributed by atoms with van der Waals surface area (Å²) in [6.07, 6.45) is 10.2. The van der Waals surface area contributed by atoms with Crippen molar-refractivity contribution in [3.63, 3.8) is 0 Å². The zero-order chi connectivity index (χ0) is 13.0. The van der Waals surface area contributed by atoms with Gasteiger partial charge >= 0.3 is 6.72 Å². The van der Waals surface area contributed by atoms with E-state index in [1.165, 1.54) is 38.5 Å². The van der Waals surface area contributed by atoms with Crippen LogP contribution in [0.2, 0.25) is 0 Å². The van der Waals surface area contributed by atoms with Crippen molar-refractivity contribution in [2.45, 2.75) is 63.6 Å². The van der Waals surface area contributed by atoms with Gasteiger partial charge in [-0.1, -0.05) is 25.7 Å². The Morgan fingerprint density at radius 2 is 1.72 bits per heavy atom. The Balaban J connectivity index is 1.75. The molecule has 1 saturated carbocycles. The van der Waals surface area contributed by atoms with Gasteiger partial charge in [-0.15, -0.1) is 0 Å². The van der Waals surface area contributed by atoms with Crippen molar-refractivity contribution in [3.05, 3.63) is 0 Å². The number of rotatable bonds is 4. The lowest BCUT2D eigenvalue weighted by atomic mass is 9.92. The summed E-state index contributed by atoms with van der Waals surface area (Å²) in [6.45, 7) is -3.31. The number of hydrogen-bond acceptors (Lipinski definition) is 3. The summed E-state index contributed by atoms with van der Waals surface area (Å²) in [4.78, 5) is 18.1. The van der Waals surface area contributed by atoms with Gasteiger partial charge in [0.2, 0.25) is 0 Å². The van der Waals surface area contributed by atoms with Crippen molar-refractivity contribution in [1.82, 2.24) is 0 Å². The van der Waals surface area contributed by atoms with Crippen LogP contribution in [-0.4, -0.2) is 28.6 Å². The molecular weight excluding hydrogens is 271 g/mol. The lowest BCUT2D eigenvalue weighted by Crippen LogP contribution is -2.22. The minimum atomic E-state index is -3.52. The van der Waals surface area contributed by atoms with Gasteiger partial charge in [0.1, 0.15) is 0 Å². The first-order valence-electron chi connectivity index (χ1n) is 6.90. The summed E-state index contributed by atoms with van der Waals surface area (Å²) in [6, 6.07) is 0. The van der Waals surface area contributed by atoms with Crippen LogP contribution in [0.4, 0.5) is 0 Å². The van der Waals surface area contributed by atoms with E-state index in [1.54, 1.807) is 0 Å². The zero-order valence-electron chi connectivity index (χ0n) is 10.7. The number of hydrogen-bond donors (Lipinski definition) is 2. The molecule has 1 aliphatic heterocycles. The van der Waals surface area contributed by atoms with Gasteiger partial charge in [-0.3, -0.25) is 0 Å². The molecule has 2 aliphatic rings. The van der Waals surface area contributed by atoms with Gasteiger partial charge in [0.25, 0.3) is 0 Å². The van der Waals surface area contributed by atoms with E-state index in [4.69, 9.17) is 19.0 Å². The van der Waals surface area contributed by atoms with E-state index in [-0.39, 0.29) is 12.7 Å². The first kappa shape index (κ1) is 14.9. The van der Waals surface area contributed by atoms with Gasteiger partial charge < -0.3 is 19.0 Å². The highest BCUT2D eigenvalue weighted by atomic mass is 32.5. The van der Waals surface area contributed by atoms with Crippen LogP contribution in [0.1, 0.15) is 51.4 Å². The van der Waals surface area contributed by atoms with Crippen LogP contribution in [0.5, 0.6) is 0 Å². The average Bonchev–Trinajstić information content (AvgIpc) is 2.60. The van der Waals surface area contributed by atoms with Crippen molar-refractivity contribution in [1.29, 1.82) is 0 Å². The zero-order valence-corrected chi connectivity index (χ0v) is 12.4. The maximum Gasteiger partial charge on any atom is 0.321 e. The van der Waals surface area contributed by atoms with Crippen molar-refractivity contribution >= 4 is 18.5 Å². The Labute approximate surface area is 114 Å². The molecule has 2 N–H and O–H groups in total. The van der Waals surface area contributed by atoms with Crippen molar-refractivity contribution in [3.8, 4) is 0 Å². The molecule has 0 amide bonds. The molecule has 2 atom stereocenters. The van der Waals surface area contributed by atoms with Gasteiger partial charge in [0.05, 0.1) is 18.8 Å². The molecule has 18 heavy (non-hydrogen) atoms. The fraction of sp³-hybridized carbons (Fsp3) is 1.00. The highest BCUT2D eigenvalue weighted by Crippen LogP contribution is 2.39. The fourth-order valence-electron chi connectivity index (χ4n) is 3.07. The Bertz CT molecular complexity index is 298. The van der Waals surface area contributed by atoms with Gasteiger partial charge in [0, 0.05) is 0 Å². The van der Waals surface area contributed by atoms with Gasteiger partial charge in [-0.2, -0.15) is 0 Å². The highest BCUT2D eigenvalue weighted by molar-refractivity contribution is 8.06. The monoisotopic (exact) mass is 294 g/mol. The molecule has 6 heteroatoms. The molecule has 0 aromatic rings. The SMILES string of the molecule is OP(O)(=S)OCC1CCC(C2CCCCCC2)O1. The van der Waals surface area contributed by atoms with Crippen LogP contribution in [0.15, 0.2) is 0 Å². The van der Waals surface area contributed by atoms with E-state index in [1.807, 2.05) is 0 Å². The maximum absolute atomic E-state index is 9.03. The molecule has 106 valence electrons. The van der Waals surface area contributed by atoms with Crippen molar-refractivity contribution in [2.24, 2.45) is 5.92 Å². The Hall–Kier alpha value is 0.490. The van der Waals surface area contributed by atoms with Crippen molar-refractivity contribution in [2.75, 3.05) is 6.61 Å². The van der Waals surface area contributed by atoms with Crippen LogP contribution in [0.3, 0.4) is 0 Å². The predicted molar refractivity (Wildman–Crippen MR) is 73.8 cm³/mol. The summed E-state index contributed by atoms with van der Waals surface area (Å²) in [7, 11) is 0. The first-order valence-corrected chi connectivity index (χ1v) is 9.53. The van der Waals surface area contributed by atoms with Crippen molar-refractivity contribution < 1.29 is 19.0 Å². The lowest BCUT2D eigenvalue weighted by molar-refractivity contribution is -0.0146. The normalized spacial score (nSPS) is 31.4. The Kier molecular flexibility index (Phi) is 5.61. The molecule has 2 rings (SSSR count). The van der Waals surface area contributed by atoms with E-state index < -0.39 is 6.72 Å². The summed E-state index contributed by atoms with van der Waals surface area (Å²) in [5, 5.41) is 0. The molecule has 1 aliphatic carbocycles. The van der Waals surface area contributed by atoms with Gasteiger partial charge in [-0.05, 0) is 43.4 Å². The summed E-state index contributed by atoms with van der Waals surface area (Å²) < 4.78 is 10.9. The minimum Gasteiger partial charge on any atom is -0.372 e. The molecule has 4 nitrogen and oxygen atoms in total. The maximum atomic E-state index is 9.03. The third kappa shape index (κ3) is 4.87. The molecular formula is C12H23O4PS. The molecule has 0 aromatic heterocycles. The Morgan fingerprint density at radius 1 is 1.06 bits per heavy atom. The molecule has 0 bridgehead atoms. The van der Waals surface area contributed by atoms with E-state index in [2.05, 4.69) is 11.8 Å². The summed E-state index contributed by atoms with van der Waals surface area (Å²) >= 11 is 4.44. The fourth-order valence-corrected chi connectivity index (χ4v) is 3.61. The number of ether oxygens (including phenoxy) is 1. The quantitative estimate of drug-likeness (QED) is 0.617. The molecule has 2 unspecified atom stereocenters.